The number of anilines is 1. The Morgan fingerprint density at radius 1 is 1.18 bits per heavy atom. The summed E-state index contributed by atoms with van der Waals surface area (Å²) in [5.74, 6) is 0.757. The summed E-state index contributed by atoms with van der Waals surface area (Å²) in [6.07, 6.45) is 8.04. The van der Waals surface area contributed by atoms with Crippen molar-refractivity contribution in [2.24, 2.45) is 0 Å². The van der Waals surface area contributed by atoms with Gasteiger partial charge in [-0.05, 0) is 81.6 Å². The zero-order valence-electron chi connectivity index (χ0n) is 23.1. The molecule has 1 aromatic heterocycles. The van der Waals surface area contributed by atoms with E-state index in [0.29, 0.717) is 34.9 Å². The predicted octanol–water partition coefficient (Wildman–Crippen LogP) is 5.00. The van der Waals surface area contributed by atoms with Crippen molar-refractivity contribution >= 4 is 17.5 Å². The third kappa shape index (κ3) is 4.93. The molecular weight excluding hydrogens is 501 g/mol. The minimum Gasteiger partial charge on any atom is -0.467 e. The fraction of sp³-hybridized carbons (Fsp3) is 0.483. The fourth-order valence-electron chi connectivity index (χ4n) is 6.46. The van der Waals surface area contributed by atoms with Crippen LogP contribution in [0.4, 0.5) is 15.0 Å². The second-order valence-electron chi connectivity index (χ2n) is 11.4. The van der Waals surface area contributed by atoms with Gasteiger partial charge in [0, 0.05) is 56.0 Å². The van der Waals surface area contributed by atoms with Gasteiger partial charge in [-0.1, -0.05) is 6.08 Å². The van der Waals surface area contributed by atoms with Crippen LogP contribution in [0.5, 0.6) is 5.75 Å². The molecule has 3 atom stereocenters. The highest BCUT2D eigenvalue weighted by Gasteiger charge is 2.58. The van der Waals surface area contributed by atoms with Gasteiger partial charge in [0.05, 0.1) is 5.69 Å². The van der Waals surface area contributed by atoms with Crippen LogP contribution < -0.4 is 9.64 Å². The zero-order valence-corrected chi connectivity index (χ0v) is 23.1. The molecule has 10 heteroatoms. The van der Waals surface area contributed by atoms with E-state index in [0.717, 1.165) is 31.3 Å². The van der Waals surface area contributed by atoms with E-state index >= 15 is 4.39 Å². The van der Waals surface area contributed by atoms with E-state index in [1.807, 2.05) is 63.3 Å². The van der Waals surface area contributed by atoms with E-state index in [9.17, 15) is 9.90 Å². The van der Waals surface area contributed by atoms with Gasteiger partial charge in [0.2, 0.25) is 0 Å². The van der Waals surface area contributed by atoms with Crippen LogP contribution >= 0.6 is 0 Å². The summed E-state index contributed by atoms with van der Waals surface area (Å²) in [6, 6.07) is 6.91. The van der Waals surface area contributed by atoms with Crippen molar-refractivity contribution in [2.45, 2.75) is 56.7 Å². The summed E-state index contributed by atoms with van der Waals surface area (Å²) in [5.41, 5.74) is 1.39. The lowest BCUT2D eigenvalue weighted by Crippen LogP contribution is -2.62. The molecule has 3 aliphatic heterocycles. The number of benzene rings is 1. The topological polar surface area (TPSA) is 91.3 Å². The molecule has 2 saturated heterocycles. The number of hydrogen-bond donors (Lipinski definition) is 1. The molecule has 3 aliphatic rings. The van der Waals surface area contributed by atoms with E-state index in [-0.39, 0.29) is 18.7 Å². The summed E-state index contributed by atoms with van der Waals surface area (Å²) in [5, 5.41) is 18.8. The van der Waals surface area contributed by atoms with Crippen LogP contribution in [0.1, 0.15) is 45.1 Å². The highest BCUT2D eigenvalue weighted by Crippen LogP contribution is 2.51. The molecule has 39 heavy (non-hydrogen) atoms. The number of carboxylic acid groups (broad SMARTS) is 1. The maximum absolute atomic E-state index is 15.3. The van der Waals surface area contributed by atoms with Crippen LogP contribution in [0.3, 0.4) is 0 Å². The van der Waals surface area contributed by atoms with E-state index in [4.69, 9.17) is 9.47 Å². The normalized spacial score (nSPS) is 26.0. The number of allylic oxidation sites excluding steroid dienone is 2. The van der Waals surface area contributed by atoms with E-state index in [1.54, 1.807) is 11.0 Å². The summed E-state index contributed by atoms with van der Waals surface area (Å²) in [6.45, 7) is 4.78. The van der Waals surface area contributed by atoms with Crippen LogP contribution in [-0.4, -0.2) is 82.9 Å². The van der Waals surface area contributed by atoms with E-state index < -0.39 is 17.2 Å². The van der Waals surface area contributed by atoms with E-state index in [1.165, 1.54) is 13.2 Å². The number of piperidine rings is 1. The lowest BCUT2D eigenvalue weighted by molar-refractivity contribution is 0.0131. The third-order valence-corrected chi connectivity index (χ3v) is 8.48. The second kappa shape index (κ2) is 10.1. The second-order valence-corrected chi connectivity index (χ2v) is 11.4. The predicted molar refractivity (Wildman–Crippen MR) is 147 cm³/mol. The van der Waals surface area contributed by atoms with Crippen molar-refractivity contribution < 1.29 is 23.8 Å². The largest absolute Gasteiger partial charge is 0.467 e. The molecule has 0 radical (unpaired) electrons. The maximum Gasteiger partial charge on any atom is 0.408 e. The molecule has 0 spiro atoms. The zero-order chi connectivity index (χ0) is 27.9. The maximum atomic E-state index is 15.3. The molecule has 1 N–H and O–H groups in total. The molecular formula is C29H36FN5O4. The average molecular weight is 538 g/mol. The monoisotopic (exact) mass is 537 g/mol. The van der Waals surface area contributed by atoms with Gasteiger partial charge in [0.1, 0.15) is 11.6 Å². The highest BCUT2D eigenvalue weighted by molar-refractivity contribution is 5.79. The van der Waals surface area contributed by atoms with Crippen LogP contribution in [0.15, 0.2) is 42.6 Å². The van der Waals surface area contributed by atoms with Crippen molar-refractivity contribution in [2.75, 3.05) is 39.4 Å². The number of methoxy groups -OCH3 is 1. The van der Waals surface area contributed by atoms with Crippen molar-refractivity contribution in [3.8, 4) is 17.0 Å². The Balaban J connectivity index is 1.40. The summed E-state index contributed by atoms with van der Waals surface area (Å²) in [7, 11) is 5.46. The number of fused-ring (bicyclic) bond motifs is 2. The molecule has 1 aromatic carbocycles. The summed E-state index contributed by atoms with van der Waals surface area (Å²) < 4.78 is 26.3. The SMILES string of the molecule is COCOc1cc(C2=CCN(C)C=C2)c(F)cc1-c1ccc(N(C)[C@H]2C[C@]3(C)CC[C@](C)(C2)N3C(=O)O)nn1. The quantitative estimate of drug-likeness (QED) is 0.494. The molecule has 9 nitrogen and oxygen atoms in total. The first-order valence-electron chi connectivity index (χ1n) is 13.2. The number of rotatable bonds is 7. The number of amides is 1. The average Bonchev–Trinajstić information content (AvgIpc) is 3.08. The fourth-order valence-corrected chi connectivity index (χ4v) is 6.46. The highest BCUT2D eigenvalue weighted by atomic mass is 19.1. The minimum atomic E-state index is -0.851. The lowest BCUT2D eigenvalue weighted by Gasteiger charge is -2.51. The van der Waals surface area contributed by atoms with Gasteiger partial charge in [-0.3, -0.25) is 4.90 Å². The molecule has 4 heterocycles. The van der Waals surface area contributed by atoms with Gasteiger partial charge >= 0.3 is 6.09 Å². The first-order chi connectivity index (χ1) is 18.5. The van der Waals surface area contributed by atoms with Crippen LogP contribution in [0.25, 0.3) is 16.8 Å². The van der Waals surface area contributed by atoms with Crippen LogP contribution in [0.2, 0.25) is 0 Å². The van der Waals surface area contributed by atoms with Crippen LogP contribution in [0, 0.1) is 5.82 Å². The number of hydrogen-bond acceptors (Lipinski definition) is 7. The molecule has 2 aromatic rings. The van der Waals surface area contributed by atoms with Gasteiger partial charge in [0.15, 0.2) is 12.6 Å². The molecule has 5 rings (SSSR count). The number of carbonyl (C=O) groups is 1. The summed E-state index contributed by atoms with van der Waals surface area (Å²) >= 11 is 0. The number of aromatic nitrogens is 2. The number of nitrogens with zero attached hydrogens (tertiary/aromatic N) is 5. The standard InChI is InChI=1S/C29H36FN5O4/c1-28-10-11-29(2,35(28)27(36)37)17-20(16-28)34(4)26-7-6-24(31-32-26)22-14-23(30)21(15-25(22)39-18-38-5)19-8-12-33(3)13-9-19/h6-9,12,14-15,20H,10-11,13,16-18H2,1-5H3,(H,36,37)/t20-,28-,29+. The molecule has 208 valence electrons. The molecule has 2 bridgehead atoms. The van der Waals surface area contributed by atoms with Crippen molar-refractivity contribution in [1.29, 1.82) is 0 Å². The molecule has 0 saturated carbocycles. The number of likely N-dealkylation sites (N-methyl/N-ethyl adjacent to an activating group) is 1. The van der Waals surface area contributed by atoms with Gasteiger partial charge in [-0.15, -0.1) is 10.2 Å². The van der Waals surface area contributed by atoms with Crippen LogP contribution in [-0.2, 0) is 4.74 Å². The Bertz CT molecular complexity index is 1300. The minimum absolute atomic E-state index is 0.0104. The van der Waals surface area contributed by atoms with Crippen molar-refractivity contribution in [3.05, 3.63) is 54.0 Å². The van der Waals surface area contributed by atoms with Gasteiger partial charge in [0.25, 0.3) is 0 Å². The molecule has 1 amide bonds. The van der Waals surface area contributed by atoms with E-state index in [2.05, 4.69) is 15.1 Å². The van der Waals surface area contributed by atoms with Gasteiger partial charge < -0.3 is 24.4 Å². The molecule has 0 aliphatic carbocycles. The smallest absolute Gasteiger partial charge is 0.408 e. The number of halogens is 1. The Morgan fingerprint density at radius 3 is 2.46 bits per heavy atom. The Morgan fingerprint density at radius 2 is 1.90 bits per heavy atom. The molecule has 2 fully saturated rings. The first kappa shape index (κ1) is 26.9. The Kier molecular flexibility index (Phi) is 7.00. The van der Waals surface area contributed by atoms with Crippen molar-refractivity contribution in [1.82, 2.24) is 20.0 Å². The third-order valence-electron chi connectivity index (χ3n) is 8.48. The van der Waals surface area contributed by atoms with Gasteiger partial charge in [-0.2, -0.15) is 0 Å². The number of ether oxygens (including phenoxy) is 2. The summed E-state index contributed by atoms with van der Waals surface area (Å²) in [4.78, 5) is 17.8. The molecule has 0 unspecified atom stereocenters. The first-order valence-corrected chi connectivity index (χ1v) is 13.2. The van der Waals surface area contributed by atoms with Gasteiger partial charge in [-0.25, -0.2) is 9.18 Å². The lowest BCUT2D eigenvalue weighted by atomic mass is 9.82. The Hall–Kier alpha value is -3.66. The Labute approximate surface area is 228 Å². The van der Waals surface area contributed by atoms with Crippen molar-refractivity contribution in [3.63, 3.8) is 0 Å².